The molecule has 1 aromatic heterocycles. The van der Waals surface area contributed by atoms with Crippen molar-refractivity contribution in [2.75, 3.05) is 6.54 Å². The first-order chi connectivity index (χ1) is 7.99. The molecule has 92 valence electrons. The number of carboxylic acids is 1. The number of amides is 1. The molecule has 2 rings (SSSR count). The summed E-state index contributed by atoms with van der Waals surface area (Å²) in [4.78, 5) is 28.6. The molecule has 17 heavy (non-hydrogen) atoms. The molecular formula is C11H14N2O3S. The van der Waals surface area contributed by atoms with Gasteiger partial charge in [0.1, 0.15) is 5.01 Å². The molecule has 0 radical (unpaired) electrons. The van der Waals surface area contributed by atoms with Crippen LogP contribution in [-0.2, 0) is 9.59 Å². The first-order valence-corrected chi connectivity index (χ1v) is 6.31. The van der Waals surface area contributed by atoms with Crippen molar-refractivity contribution < 1.29 is 14.7 Å². The number of aromatic nitrogens is 1. The van der Waals surface area contributed by atoms with E-state index in [2.05, 4.69) is 4.98 Å². The smallest absolute Gasteiger partial charge is 0.308 e. The summed E-state index contributed by atoms with van der Waals surface area (Å²) in [6.07, 6.45) is 0.101. The minimum absolute atomic E-state index is 0.0993. The Balaban J connectivity index is 2.13. The zero-order valence-electron chi connectivity index (χ0n) is 9.71. The van der Waals surface area contributed by atoms with Crippen LogP contribution in [0.25, 0.3) is 0 Å². The van der Waals surface area contributed by atoms with Gasteiger partial charge in [0, 0.05) is 24.0 Å². The lowest BCUT2D eigenvalue weighted by Crippen LogP contribution is -2.29. The van der Waals surface area contributed by atoms with E-state index in [-0.39, 0.29) is 24.9 Å². The number of rotatable bonds is 3. The highest BCUT2D eigenvalue weighted by Crippen LogP contribution is 2.30. The molecule has 0 bridgehead atoms. The van der Waals surface area contributed by atoms with Gasteiger partial charge < -0.3 is 10.0 Å². The number of likely N-dealkylation sites (tertiary alicyclic amines) is 1. The Morgan fingerprint density at radius 1 is 1.71 bits per heavy atom. The summed E-state index contributed by atoms with van der Waals surface area (Å²) in [5.74, 6) is -1.58. The van der Waals surface area contributed by atoms with Crippen LogP contribution in [0.4, 0.5) is 0 Å². The molecule has 6 heteroatoms. The van der Waals surface area contributed by atoms with E-state index in [1.165, 1.54) is 11.3 Å². The summed E-state index contributed by atoms with van der Waals surface area (Å²) >= 11 is 1.50. The summed E-state index contributed by atoms with van der Waals surface area (Å²) in [6, 6.07) is -0.134. The number of aliphatic carboxylic acids is 1. The highest BCUT2D eigenvalue weighted by Gasteiger charge is 2.37. The van der Waals surface area contributed by atoms with Crippen LogP contribution in [-0.4, -0.2) is 33.4 Å². The Hall–Kier alpha value is -1.43. The summed E-state index contributed by atoms with van der Waals surface area (Å²) in [6.45, 7) is 4.08. The van der Waals surface area contributed by atoms with Gasteiger partial charge >= 0.3 is 5.97 Å². The fourth-order valence-corrected chi connectivity index (χ4v) is 2.83. The number of hydrogen-bond donors (Lipinski definition) is 1. The molecule has 2 atom stereocenters. The Bertz CT molecular complexity index is 457. The molecule has 1 aliphatic heterocycles. The molecule has 0 aliphatic carbocycles. The zero-order valence-corrected chi connectivity index (χ0v) is 10.5. The third-order valence-corrected chi connectivity index (χ3v) is 4.10. The first kappa shape index (κ1) is 12.0. The van der Waals surface area contributed by atoms with Gasteiger partial charge in [0.2, 0.25) is 5.91 Å². The molecule has 1 aliphatic rings. The molecule has 0 spiro atoms. The predicted octanol–water partition coefficient (Wildman–Crippen LogP) is 1.45. The van der Waals surface area contributed by atoms with E-state index in [1.54, 1.807) is 4.90 Å². The van der Waals surface area contributed by atoms with Crippen molar-refractivity contribution in [3.05, 3.63) is 16.1 Å². The minimum Gasteiger partial charge on any atom is -0.481 e. The molecule has 0 aromatic carbocycles. The monoisotopic (exact) mass is 254 g/mol. The lowest BCUT2D eigenvalue weighted by molar-refractivity contribution is -0.141. The molecule has 1 amide bonds. The van der Waals surface area contributed by atoms with Crippen LogP contribution in [0.3, 0.4) is 0 Å². The summed E-state index contributed by atoms with van der Waals surface area (Å²) in [5, 5.41) is 11.7. The van der Waals surface area contributed by atoms with Gasteiger partial charge in [-0.15, -0.1) is 11.3 Å². The second-order valence-electron chi connectivity index (χ2n) is 4.29. The van der Waals surface area contributed by atoms with Gasteiger partial charge in [0.05, 0.1) is 12.0 Å². The topological polar surface area (TPSA) is 70.5 Å². The number of hydrogen-bond acceptors (Lipinski definition) is 4. The van der Waals surface area contributed by atoms with E-state index >= 15 is 0 Å². The van der Waals surface area contributed by atoms with E-state index in [1.807, 2.05) is 19.2 Å². The Morgan fingerprint density at radius 3 is 2.88 bits per heavy atom. The van der Waals surface area contributed by atoms with Crippen molar-refractivity contribution in [3.63, 3.8) is 0 Å². The van der Waals surface area contributed by atoms with Crippen LogP contribution >= 0.6 is 11.3 Å². The lowest BCUT2D eigenvalue weighted by Gasteiger charge is -2.22. The number of carbonyl (C=O) groups is 2. The van der Waals surface area contributed by atoms with Crippen molar-refractivity contribution in [1.29, 1.82) is 0 Å². The maximum Gasteiger partial charge on any atom is 0.308 e. The van der Waals surface area contributed by atoms with Gasteiger partial charge in [-0.25, -0.2) is 4.98 Å². The van der Waals surface area contributed by atoms with Gasteiger partial charge in [0.25, 0.3) is 0 Å². The SMILES string of the molecule is Cc1csc(C(C)N2CC(C(=O)O)CC2=O)n1. The number of carboxylic acid groups (broad SMARTS) is 1. The van der Waals surface area contributed by atoms with Gasteiger partial charge in [-0.3, -0.25) is 9.59 Å². The van der Waals surface area contributed by atoms with Crippen molar-refractivity contribution in [2.45, 2.75) is 26.3 Å². The quantitative estimate of drug-likeness (QED) is 0.886. The number of carbonyl (C=O) groups excluding carboxylic acids is 1. The fraction of sp³-hybridized carbons (Fsp3) is 0.545. The molecule has 5 nitrogen and oxygen atoms in total. The maximum absolute atomic E-state index is 11.8. The minimum atomic E-state index is -0.900. The number of aryl methyl sites for hydroxylation is 1. The summed E-state index contributed by atoms with van der Waals surface area (Å²) in [7, 11) is 0. The molecule has 1 saturated heterocycles. The van der Waals surface area contributed by atoms with E-state index in [4.69, 9.17) is 5.11 Å². The summed E-state index contributed by atoms with van der Waals surface area (Å²) < 4.78 is 0. The standard InChI is InChI=1S/C11H14N2O3S/c1-6-5-17-10(12-6)7(2)13-4-8(11(15)16)3-9(13)14/h5,7-8H,3-4H2,1-2H3,(H,15,16). The van der Waals surface area contributed by atoms with Crippen molar-refractivity contribution in [1.82, 2.24) is 9.88 Å². The lowest BCUT2D eigenvalue weighted by atomic mass is 10.1. The van der Waals surface area contributed by atoms with Crippen molar-refractivity contribution >= 4 is 23.2 Å². The van der Waals surface area contributed by atoms with Gasteiger partial charge in [0.15, 0.2) is 0 Å². The van der Waals surface area contributed by atoms with Crippen molar-refractivity contribution in [2.24, 2.45) is 5.92 Å². The van der Waals surface area contributed by atoms with Crippen LogP contribution < -0.4 is 0 Å². The molecule has 0 saturated carbocycles. The average Bonchev–Trinajstić information content (AvgIpc) is 2.84. The number of nitrogens with zero attached hydrogens (tertiary/aromatic N) is 2. The van der Waals surface area contributed by atoms with Gasteiger partial charge in [-0.2, -0.15) is 0 Å². The largest absolute Gasteiger partial charge is 0.481 e. The third-order valence-electron chi connectivity index (χ3n) is 2.97. The highest BCUT2D eigenvalue weighted by molar-refractivity contribution is 7.09. The molecule has 1 N–H and O–H groups in total. The van der Waals surface area contributed by atoms with Crippen LogP contribution in [0, 0.1) is 12.8 Å². The molecule has 2 unspecified atom stereocenters. The molecule has 2 heterocycles. The van der Waals surface area contributed by atoms with Gasteiger partial charge in [-0.1, -0.05) is 0 Å². The second kappa shape index (κ2) is 4.44. The fourth-order valence-electron chi connectivity index (χ4n) is 1.97. The number of thiazole rings is 1. The van der Waals surface area contributed by atoms with Crippen LogP contribution in [0.1, 0.15) is 30.1 Å². The van der Waals surface area contributed by atoms with E-state index < -0.39 is 11.9 Å². The van der Waals surface area contributed by atoms with Crippen LogP contribution in [0.2, 0.25) is 0 Å². The average molecular weight is 254 g/mol. The third kappa shape index (κ3) is 2.31. The Kier molecular flexibility index (Phi) is 3.15. The van der Waals surface area contributed by atoms with Crippen LogP contribution in [0.15, 0.2) is 5.38 Å². The van der Waals surface area contributed by atoms with E-state index in [9.17, 15) is 9.59 Å². The van der Waals surface area contributed by atoms with Crippen LogP contribution in [0.5, 0.6) is 0 Å². The Morgan fingerprint density at radius 2 is 2.41 bits per heavy atom. The molecular weight excluding hydrogens is 240 g/mol. The first-order valence-electron chi connectivity index (χ1n) is 5.43. The molecule has 1 fully saturated rings. The normalized spacial score (nSPS) is 21.9. The molecule has 1 aromatic rings. The van der Waals surface area contributed by atoms with Crippen molar-refractivity contribution in [3.8, 4) is 0 Å². The second-order valence-corrected chi connectivity index (χ2v) is 5.18. The summed E-state index contributed by atoms with van der Waals surface area (Å²) in [5.41, 5.74) is 0.929. The van der Waals surface area contributed by atoms with Gasteiger partial charge in [-0.05, 0) is 13.8 Å². The predicted molar refractivity (Wildman–Crippen MR) is 62.7 cm³/mol. The Labute approximate surface area is 103 Å². The highest BCUT2D eigenvalue weighted by atomic mass is 32.1. The maximum atomic E-state index is 11.8. The van der Waals surface area contributed by atoms with E-state index in [0.717, 1.165) is 10.7 Å². The van der Waals surface area contributed by atoms with E-state index in [0.29, 0.717) is 0 Å². The zero-order chi connectivity index (χ0) is 12.6.